The molecule has 3 aromatic heterocycles. The van der Waals surface area contributed by atoms with E-state index in [4.69, 9.17) is 14.5 Å². The minimum atomic E-state index is -1.04. The largest absolute Gasteiger partial charge is 0.428 e. The second kappa shape index (κ2) is 13.8. The summed E-state index contributed by atoms with van der Waals surface area (Å²) in [5, 5.41) is 19.4. The van der Waals surface area contributed by atoms with E-state index in [9.17, 15) is 19.5 Å². The average Bonchev–Trinajstić information content (AvgIpc) is 3.62. The highest BCUT2D eigenvalue weighted by atomic mass is 32.2. The van der Waals surface area contributed by atoms with Gasteiger partial charge in [0.1, 0.15) is 0 Å². The number of pyridine rings is 1. The molecule has 42 heavy (non-hydrogen) atoms. The maximum Gasteiger partial charge on any atom is 0.413 e. The highest BCUT2D eigenvalue weighted by molar-refractivity contribution is 8.17. The van der Waals surface area contributed by atoms with Crippen molar-refractivity contribution >= 4 is 52.4 Å². The van der Waals surface area contributed by atoms with Crippen LogP contribution in [0.5, 0.6) is 0 Å². The maximum absolute atomic E-state index is 13.1. The molecule has 1 unspecified atom stereocenters. The first kappa shape index (κ1) is 29.5. The third-order valence-corrected chi connectivity index (χ3v) is 8.37. The minimum Gasteiger partial charge on any atom is -0.428 e. The lowest BCUT2D eigenvalue weighted by molar-refractivity contribution is -0.149. The fourth-order valence-corrected chi connectivity index (χ4v) is 6.15. The van der Waals surface area contributed by atoms with Crippen LogP contribution in [-0.2, 0) is 20.8 Å². The fraction of sp³-hybridized carbons (Fsp3) is 0.357. The first-order valence-electron chi connectivity index (χ1n) is 13.4. The van der Waals surface area contributed by atoms with Crippen LogP contribution in [0.25, 0.3) is 17.3 Å². The second-order valence-electron chi connectivity index (χ2n) is 9.76. The Hall–Kier alpha value is -4.01. The molecule has 0 bridgehead atoms. The van der Waals surface area contributed by atoms with E-state index in [-0.39, 0.29) is 23.9 Å². The number of esters is 1. The molecule has 0 aromatic carbocycles. The molecule has 1 saturated carbocycles. The fourth-order valence-electron chi connectivity index (χ4n) is 4.77. The summed E-state index contributed by atoms with van der Waals surface area (Å²) >= 11 is 2.52. The summed E-state index contributed by atoms with van der Waals surface area (Å²) in [7, 11) is 0. The molecule has 5 rings (SSSR count). The first-order chi connectivity index (χ1) is 20.3. The Kier molecular flexibility index (Phi) is 9.66. The predicted octanol–water partition coefficient (Wildman–Crippen LogP) is 4.60. The molecule has 220 valence electrons. The zero-order chi connectivity index (χ0) is 29.5. The number of thiophene rings is 1. The molecule has 1 saturated heterocycles. The lowest BCUT2D eigenvalue weighted by Crippen LogP contribution is -2.44. The highest BCUT2D eigenvalue weighted by Crippen LogP contribution is 2.29. The number of hydrogen-bond acceptors (Lipinski definition) is 12. The molecule has 1 atom stereocenters. The van der Waals surface area contributed by atoms with E-state index < -0.39 is 25.1 Å². The number of aromatic nitrogens is 3. The van der Waals surface area contributed by atoms with E-state index in [0.717, 1.165) is 41.6 Å². The van der Waals surface area contributed by atoms with Gasteiger partial charge in [-0.25, -0.2) is 14.8 Å². The number of nitrogens with zero attached hydrogens (tertiary/aromatic N) is 4. The van der Waals surface area contributed by atoms with E-state index in [0.29, 0.717) is 29.4 Å². The van der Waals surface area contributed by atoms with Crippen LogP contribution in [0, 0.1) is 0 Å². The lowest BCUT2D eigenvalue weighted by atomic mass is 9.90. The first-order valence-corrected chi connectivity index (χ1v) is 15.1. The predicted molar refractivity (Wildman–Crippen MR) is 158 cm³/mol. The van der Waals surface area contributed by atoms with Crippen molar-refractivity contribution in [3.8, 4) is 11.3 Å². The molecule has 1 aliphatic heterocycles. The zero-order valence-corrected chi connectivity index (χ0v) is 24.4. The van der Waals surface area contributed by atoms with Crippen LogP contribution < -0.4 is 10.6 Å². The van der Waals surface area contributed by atoms with E-state index in [1.54, 1.807) is 34.6 Å². The number of thioether (sulfide) groups is 1. The summed E-state index contributed by atoms with van der Waals surface area (Å²) in [6, 6.07) is 9.41. The van der Waals surface area contributed by atoms with Crippen molar-refractivity contribution in [2.75, 3.05) is 12.1 Å². The van der Waals surface area contributed by atoms with Crippen LogP contribution in [0.1, 0.15) is 44.0 Å². The molecule has 2 fully saturated rings. The number of ether oxygens (including phenoxy) is 2. The number of hydrogen-bond donors (Lipinski definition) is 3. The maximum atomic E-state index is 13.1. The van der Waals surface area contributed by atoms with E-state index in [1.165, 1.54) is 6.92 Å². The summed E-state index contributed by atoms with van der Waals surface area (Å²) in [4.78, 5) is 51.5. The number of amides is 2. The third-order valence-electron chi connectivity index (χ3n) is 6.81. The molecule has 3 aromatic rings. The number of nitrogens with one attached hydrogen (secondary N) is 2. The van der Waals surface area contributed by atoms with Crippen molar-refractivity contribution in [3.05, 3.63) is 63.6 Å². The minimum absolute atomic E-state index is 0.0813. The molecule has 4 heterocycles. The molecule has 0 radical (unpaired) electrons. The highest BCUT2D eigenvalue weighted by Gasteiger charge is 2.31. The Bertz CT molecular complexity index is 1440. The van der Waals surface area contributed by atoms with Gasteiger partial charge in [0.2, 0.25) is 12.7 Å². The van der Waals surface area contributed by atoms with Crippen LogP contribution in [0.3, 0.4) is 0 Å². The molecule has 2 aliphatic rings. The number of anilines is 1. The summed E-state index contributed by atoms with van der Waals surface area (Å²) in [5.74, 6) is -0.0893. The monoisotopic (exact) mass is 610 g/mol. The van der Waals surface area contributed by atoms with Crippen molar-refractivity contribution in [3.63, 3.8) is 0 Å². The number of carbonyl (C=O) groups is 3. The van der Waals surface area contributed by atoms with Gasteiger partial charge < -0.3 is 25.2 Å². The number of rotatable bonds is 9. The van der Waals surface area contributed by atoms with Gasteiger partial charge in [-0.05, 0) is 73.2 Å². The van der Waals surface area contributed by atoms with Crippen LogP contribution in [-0.4, -0.2) is 67.4 Å². The Morgan fingerprint density at radius 2 is 2.00 bits per heavy atom. The zero-order valence-electron chi connectivity index (χ0n) is 22.8. The van der Waals surface area contributed by atoms with Crippen LogP contribution in [0.4, 0.5) is 15.5 Å². The van der Waals surface area contributed by atoms with E-state index >= 15 is 0 Å². The number of aliphatic hydroxyl groups is 1. The molecule has 1 aliphatic carbocycles. The van der Waals surface area contributed by atoms with Crippen LogP contribution in [0.15, 0.2) is 52.2 Å². The smallest absolute Gasteiger partial charge is 0.413 e. The van der Waals surface area contributed by atoms with Gasteiger partial charge in [-0.15, -0.1) is 0 Å². The Morgan fingerprint density at radius 1 is 1.17 bits per heavy atom. The molecule has 0 spiro atoms. The van der Waals surface area contributed by atoms with Gasteiger partial charge in [0.15, 0.2) is 6.23 Å². The Balaban J connectivity index is 1.23. The topological polar surface area (TPSA) is 156 Å². The van der Waals surface area contributed by atoms with Crippen LogP contribution >= 0.6 is 23.1 Å². The Morgan fingerprint density at radius 3 is 2.71 bits per heavy atom. The lowest BCUT2D eigenvalue weighted by Gasteiger charge is -2.36. The van der Waals surface area contributed by atoms with Gasteiger partial charge in [-0.3, -0.25) is 19.5 Å². The summed E-state index contributed by atoms with van der Waals surface area (Å²) in [5.41, 5.74) is 3.14. The van der Waals surface area contributed by atoms with Crippen molar-refractivity contribution in [1.82, 2.24) is 25.2 Å². The van der Waals surface area contributed by atoms with Gasteiger partial charge in [0.25, 0.3) is 5.24 Å². The van der Waals surface area contributed by atoms with E-state index in [1.807, 2.05) is 35.0 Å². The molecule has 14 heteroatoms. The van der Waals surface area contributed by atoms with Crippen molar-refractivity contribution in [2.24, 2.45) is 0 Å². The summed E-state index contributed by atoms with van der Waals surface area (Å²) in [6.07, 6.45) is 4.56. The quantitative estimate of drug-likeness (QED) is 0.230. The van der Waals surface area contributed by atoms with Gasteiger partial charge in [0.05, 0.1) is 23.6 Å². The summed E-state index contributed by atoms with van der Waals surface area (Å²) < 4.78 is 10.1. The second-order valence-corrected chi connectivity index (χ2v) is 11.6. The molecule has 12 nitrogen and oxygen atoms in total. The third kappa shape index (κ3) is 7.84. The van der Waals surface area contributed by atoms with Gasteiger partial charge in [-0.1, -0.05) is 6.07 Å². The van der Waals surface area contributed by atoms with Crippen molar-refractivity contribution < 1.29 is 29.0 Å². The number of carbonyl (C=O) groups excluding carboxylic acids is 3. The normalized spacial score (nSPS) is 21.0. The molecule has 2 amide bonds. The molecular formula is C28H30N6O6S2. The van der Waals surface area contributed by atoms with Gasteiger partial charge >= 0.3 is 12.1 Å². The van der Waals surface area contributed by atoms with Gasteiger partial charge in [-0.2, -0.15) is 11.3 Å². The average molecular weight is 611 g/mol. The van der Waals surface area contributed by atoms with Crippen molar-refractivity contribution in [1.29, 1.82) is 0 Å². The van der Waals surface area contributed by atoms with Crippen molar-refractivity contribution in [2.45, 2.75) is 57.5 Å². The SMILES string of the molecule is CC(=O)OCOC(=O)N(Cc1cccc(-c2ccsc2)n1)C1CCC(Nc2nccc(/C=C3\SC(=O)NC3O)n2)CC1. The standard InChI is InChI=1S/C28H30N6O6S2/c1-17(35)39-16-40-28(38)34(14-21-3-2-4-23(30-21)18-10-12-41-15-18)22-7-5-19(6-8-22)31-26-29-11-9-20(32-26)13-24-25(36)33-27(37)42-24/h2-4,9-13,15,19,22,25,36H,5-8,14,16H2,1H3,(H,33,37)(H,29,31,32)/b24-13-. The summed E-state index contributed by atoms with van der Waals surface area (Å²) in [6.45, 7) is 1.05. The Labute approximate surface area is 250 Å². The number of aliphatic hydroxyl groups excluding tert-OH is 1. The van der Waals surface area contributed by atoms with E-state index in [2.05, 4.69) is 20.6 Å². The van der Waals surface area contributed by atoms with Crippen LogP contribution in [0.2, 0.25) is 0 Å². The van der Waals surface area contributed by atoms with Gasteiger partial charge in [0, 0.05) is 41.1 Å². The molecular weight excluding hydrogens is 580 g/mol. The molecule has 3 N–H and O–H groups in total.